The molecule has 0 aliphatic heterocycles. The lowest BCUT2D eigenvalue weighted by Crippen LogP contribution is -2.47. The van der Waals surface area contributed by atoms with E-state index in [1.807, 2.05) is 0 Å². The summed E-state index contributed by atoms with van der Waals surface area (Å²) in [5, 5.41) is 0. The highest BCUT2D eigenvalue weighted by atomic mass is 17.2. The Morgan fingerprint density at radius 3 is 1.14 bits per heavy atom. The van der Waals surface area contributed by atoms with E-state index in [2.05, 4.69) is 14.5 Å². The third-order valence-electron chi connectivity index (χ3n) is 0.883. The quantitative estimate of drug-likeness (QED) is 0.472. The third-order valence-corrected chi connectivity index (χ3v) is 0.883. The van der Waals surface area contributed by atoms with Gasteiger partial charge in [0.05, 0.1) is 0 Å². The number of carbonyl (C=O) groups excluding carboxylic acids is 3. The second-order valence-corrected chi connectivity index (χ2v) is 2.52. The molecule has 0 fully saturated rings. The zero-order chi connectivity index (χ0) is 11.4. The molecule has 0 unspecified atom stereocenters. The molecule has 0 aliphatic rings. The molecule has 0 bridgehead atoms. The summed E-state index contributed by atoms with van der Waals surface area (Å²) in [5.41, 5.74) is 0. The summed E-state index contributed by atoms with van der Waals surface area (Å²) < 4.78 is 0. The molecule has 0 spiro atoms. The molecule has 14 heavy (non-hydrogen) atoms. The van der Waals surface area contributed by atoms with E-state index in [1.54, 1.807) is 0 Å². The average Bonchev–Trinajstić information content (AvgIpc) is 1.76. The van der Waals surface area contributed by atoms with Gasteiger partial charge < -0.3 is 0 Å². The Hall–Kier alpha value is -1.63. The molecule has 0 aromatic rings. The number of nitrogens with zero attached hydrogens (tertiary/aromatic N) is 1. The standard InChI is InChI=1S/C7H12NO6/c1-5(9)12-8(4,13-6(2)10)14-7(3)11/h1-4H3/q+1. The van der Waals surface area contributed by atoms with E-state index in [0.29, 0.717) is 0 Å². The van der Waals surface area contributed by atoms with Crippen LogP contribution in [0.2, 0.25) is 0 Å². The molecule has 0 amide bonds. The van der Waals surface area contributed by atoms with Gasteiger partial charge in [0, 0.05) is 20.8 Å². The summed E-state index contributed by atoms with van der Waals surface area (Å²) >= 11 is 0. The van der Waals surface area contributed by atoms with Gasteiger partial charge >= 0.3 is 17.9 Å². The summed E-state index contributed by atoms with van der Waals surface area (Å²) in [6.45, 7) is 3.26. The summed E-state index contributed by atoms with van der Waals surface area (Å²) in [6.07, 6.45) is 0. The molecule has 7 nitrogen and oxygen atoms in total. The second-order valence-electron chi connectivity index (χ2n) is 2.52. The van der Waals surface area contributed by atoms with Crippen molar-refractivity contribution in [2.75, 3.05) is 7.05 Å². The summed E-state index contributed by atoms with van der Waals surface area (Å²) in [7, 11) is 1.09. The molecule has 0 atom stereocenters. The highest BCUT2D eigenvalue weighted by Crippen LogP contribution is 2.08. The molecule has 7 heteroatoms. The van der Waals surface area contributed by atoms with Crippen LogP contribution in [0, 0.1) is 0 Å². The van der Waals surface area contributed by atoms with Gasteiger partial charge in [-0.1, -0.05) is 0 Å². The van der Waals surface area contributed by atoms with E-state index in [9.17, 15) is 14.4 Å². The first-order valence-corrected chi connectivity index (χ1v) is 3.72. The predicted octanol–water partition coefficient (Wildman–Crippen LogP) is -0.133. The highest BCUT2D eigenvalue weighted by Gasteiger charge is 2.36. The van der Waals surface area contributed by atoms with Crippen LogP contribution in [-0.2, 0) is 28.9 Å². The van der Waals surface area contributed by atoms with Crippen LogP contribution in [0.1, 0.15) is 20.8 Å². The van der Waals surface area contributed by atoms with Crippen molar-refractivity contribution >= 4 is 17.9 Å². The lowest BCUT2D eigenvalue weighted by Gasteiger charge is -2.21. The first kappa shape index (κ1) is 12.4. The Morgan fingerprint density at radius 2 is 1.00 bits per heavy atom. The van der Waals surface area contributed by atoms with Crippen molar-refractivity contribution in [3.63, 3.8) is 0 Å². The second kappa shape index (κ2) is 4.56. The van der Waals surface area contributed by atoms with E-state index in [1.165, 1.54) is 0 Å². The van der Waals surface area contributed by atoms with Crippen LogP contribution >= 0.6 is 0 Å². The zero-order valence-electron chi connectivity index (χ0n) is 8.40. The molecular weight excluding hydrogens is 194 g/mol. The van der Waals surface area contributed by atoms with Crippen molar-refractivity contribution in [1.29, 1.82) is 0 Å². The average molecular weight is 206 g/mol. The van der Waals surface area contributed by atoms with Crippen molar-refractivity contribution in [2.24, 2.45) is 0 Å². The highest BCUT2D eigenvalue weighted by molar-refractivity contribution is 5.67. The maximum absolute atomic E-state index is 10.6. The molecule has 0 saturated carbocycles. The first-order chi connectivity index (χ1) is 6.25. The zero-order valence-corrected chi connectivity index (χ0v) is 8.40. The maximum Gasteiger partial charge on any atom is 0.375 e. The Morgan fingerprint density at radius 1 is 0.786 bits per heavy atom. The molecular formula is C7H12NO6+. The number of carbonyl (C=O) groups is 3. The van der Waals surface area contributed by atoms with Crippen molar-refractivity contribution in [3.05, 3.63) is 0 Å². The first-order valence-electron chi connectivity index (χ1n) is 3.72. The molecule has 0 saturated heterocycles. The van der Waals surface area contributed by atoms with Crippen LogP contribution in [0.15, 0.2) is 0 Å². The molecule has 0 rings (SSSR count). The van der Waals surface area contributed by atoms with Crippen LogP contribution < -0.4 is 0 Å². The van der Waals surface area contributed by atoms with Gasteiger partial charge in [0.15, 0.2) is 0 Å². The fraction of sp³-hybridized carbons (Fsp3) is 0.571. The van der Waals surface area contributed by atoms with E-state index in [4.69, 9.17) is 0 Å². The van der Waals surface area contributed by atoms with Gasteiger partial charge in [-0.2, -0.15) is 14.5 Å². The Balaban J connectivity index is 4.56. The molecule has 0 aliphatic carbocycles. The molecule has 80 valence electrons. The van der Waals surface area contributed by atoms with Crippen molar-refractivity contribution < 1.29 is 33.9 Å². The van der Waals surface area contributed by atoms with E-state index in [-0.39, 0.29) is 0 Å². The number of rotatable bonds is 3. The van der Waals surface area contributed by atoms with Gasteiger partial charge in [-0.3, -0.25) is 0 Å². The van der Waals surface area contributed by atoms with E-state index in [0.717, 1.165) is 27.8 Å². The Labute approximate surface area is 80.6 Å². The lowest BCUT2D eigenvalue weighted by atomic mass is 10.8. The minimum atomic E-state index is -1.31. The van der Waals surface area contributed by atoms with Gasteiger partial charge in [-0.05, 0) is 0 Å². The fourth-order valence-corrected chi connectivity index (χ4v) is 0.756. The lowest BCUT2D eigenvalue weighted by molar-refractivity contribution is -1.33. The van der Waals surface area contributed by atoms with Crippen LogP contribution in [0.25, 0.3) is 0 Å². The number of hydroxylamine groups is 3. The van der Waals surface area contributed by atoms with Crippen LogP contribution in [-0.4, -0.2) is 29.9 Å². The number of hydrogen-bond donors (Lipinski definition) is 0. The van der Waals surface area contributed by atoms with Gasteiger partial charge in [-0.25, -0.2) is 14.4 Å². The summed E-state index contributed by atoms with van der Waals surface area (Å²) in [5.74, 6) is -2.26. The largest absolute Gasteiger partial charge is 0.375 e. The van der Waals surface area contributed by atoms with Crippen LogP contribution in [0.5, 0.6) is 0 Å². The van der Waals surface area contributed by atoms with Crippen molar-refractivity contribution in [1.82, 2.24) is 0 Å². The number of hydrogen-bond acceptors (Lipinski definition) is 6. The Kier molecular flexibility index (Phi) is 4.03. The van der Waals surface area contributed by atoms with Gasteiger partial charge in [0.2, 0.25) is 12.0 Å². The van der Waals surface area contributed by atoms with Crippen molar-refractivity contribution in [3.8, 4) is 0 Å². The van der Waals surface area contributed by atoms with Gasteiger partial charge in [0.25, 0.3) is 0 Å². The minimum absolute atomic E-state index is 0.755. The topological polar surface area (TPSA) is 78.9 Å². The predicted molar refractivity (Wildman–Crippen MR) is 41.5 cm³/mol. The SMILES string of the molecule is CC(=O)O[N+](C)(OC(C)=O)OC(C)=O. The molecule has 0 aromatic carbocycles. The fourth-order valence-electron chi connectivity index (χ4n) is 0.756. The number of quaternary nitrogens is 1. The van der Waals surface area contributed by atoms with Gasteiger partial charge in [0.1, 0.15) is 0 Å². The monoisotopic (exact) mass is 206 g/mol. The van der Waals surface area contributed by atoms with Crippen LogP contribution in [0.4, 0.5) is 0 Å². The van der Waals surface area contributed by atoms with Gasteiger partial charge in [-0.15, -0.1) is 0 Å². The van der Waals surface area contributed by atoms with E-state index < -0.39 is 22.9 Å². The summed E-state index contributed by atoms with van der Waals surface area (Å²) in [6, 6.07) is 0. The molecule has 0 radical (unpaired) electrons. The molecule has 0 heterocycles. The van der Waals surface area contributed by atoms with Crippen LogP contribution in [0.3, 0.4) is 0 Å². The normalized spacial score (nSPS) is 10.3. The molecule has 0 N–H and O–H groups in total. The van der Waals surface area contributed by atoms with E-state index >= 15 is 0 Å². The maximum atomic E-state index is 10.6. The summed E-state index contributed by atoms with van der Waals surface area (Å²) in [4.78, 5) is 43.9. The molecule has 0 aromatic heterocycles. The Bertz CT molecular complexity index is 220. The smallest absolute Gasteiger partial charge is 0.245 e. The van der Waals surface area contributed by atoms with Crippen molar-refractivity contribution in [2.45, 2.75) is 20.8 Å². The third kappa shape index (κ3) is 5.09. The minimum Gasteiger partial charge on any atom is -0.245 e.